The topological polar surface area (TPSA) is 93.8 Å². The van der Waals surface area contributed by atoms with Crippen molar-refractivity contribution in [3.63, 3.8) is 0 Å². The quantitative estimate of drug-likeness (QED) is 0.401. The molecule has 0 radical (unpaired) electrons. The van der Waals surface area contributed by atoms with E-state index >= 15 is 8.78 Å². The Labute approximate surface area is 220 Å². The second kappa shape index (κ2) is 8.81. The van der Waals surface area contributed by atoms with Gasteiger partial charge < -0.3 is 14.3 Å². The number of aliphatic hydroxyl groups is 1. The van der Waals surface area contributed by atoms with Gasteiger partial charge in [-0.05, 0) is 73.7 Å². The number of carbonyl (C=O) groups excluding carboxylic acids is 3. The highest BCUT2D eigenvalue weighted by molar-refractivity contribution is 8.14. The molecule has 4 aliphatic rings. The summed E-state index contributed by atoms with van der Waals surface area (Å²) in [5, 5.41) is 10.3. The third-order valence-corrected chi connectivity index (χ3v) is 10.3. The molecule has 3 fully saturated rings. The maximum atomic E-state index is 17.4. The van der Waals surface area contributed by atoms with Crippen LogP contribution >= 0.6 is 11.8 Å². The number of esters is 1. The Kier molecular flexibility index (Phi) is 6.30. The van der Waals surface area contributed by atoms with E-state index in [9.17, 15) is 28.3 Å². The minimum atomic E-state index is -3.12. The van der Waals surface area contributed by atoms with Crippen molar-refractivity contribution >= 4 is 28.6 Å². The van der Waals surface area contributed by atoms with Gasteiger partial charge in [-0.15, -0.1) is 0 Å². The number of ketones is 1. The van der Waals surface area contributed by atoms with Crippen molar-refractivity contribution in [3.05, 3.63) is 48.0 Å². The Bertz CT molecular complexity index is 1230. The minimum absolute atomic E-state index is 0.0581. The van der Waals surface area contributed by atoms with Crippen LogP contribution in [0.2, 0.25) is 0 Å². The first kappa shape index (κ1) is 27.2. The maximum Gasteiger partial charge on any atom is 0.375 e. The number of aliphatic hydroxyl groups excluding tert-OH is 1. The van der Waals surface area contributed by atoms with E-state index in [0.29, 0.717) is 0 Å². The average Bonchev–Trinajstić information content (AvgIpc) is 3.44. The highest BCUT2D eigenvalue weighted by Gasteiger charge is 2.78. The van der Waals surface area contributed by atoms with Crippen LogP contribution in [0.25, 0.3) is 0 Å². The van der Waals surface area contributed by atoms with Crippen LogP contribution in [0, 0.1) is 28.6 Å². The van der Waals surface area contributed by atoms with Crippen LogP contribution in [0.1, 0.15) is 50.6 Å². The van der Waals surface area contributed by atoms with E-state index in [4.69, 9.17) is 9.15 Å². The van der Waals surface area contributed by atoms with Gasteiger partial charge in [-0.25, -0.2) is 13.6 Å². The molecule has 206 valence electrons. The molecule has 0 amide bonds. The minimum Gasteiger partial charge on any atom is -0.457 e. The summed E-state index contributed by atoms with van der Waals surface area (Å²) in [5.74, 6) is -7.76. The number of halogens is 4. The lowest BCUT2D eigenvalue weighted by Gasteiger charge is -2.63. The first-order valence-corrected chi connectivity index (χ1v) is 13.3. The molecule has 1 N–H and O–H groups in total. The van der Waals surface area contributed by atoms with Gasteiger partial charge in [0.25, 0.3) is 5.76 Å². The normalized spacial score (nSPS) is 43.8. The molecule has 6 nitrogen and oxygen atoms in total. The van der Waals surface area contributed by atoms with Crippen molar-refractivity contribution in [3.8, 4) is 0 Å². The summed E-state index contributed by atoms with van der Waals surface area (Å²) in [5.41, 5.74) is -7.82. The Morgan fingerprint density at radius 2 is 1.95 bits per heavy atom. The lowest BCUT2D eigenvalue weighted by molar-refractivity contribution is -0.221. The van der Waals surface area contributed by atoms with Crippen LogP contribution in [-0.2, 0) is 14.3 Å². The Balaban J connectivity index is 1.64. The van der Waals surface area contributed by atoms with Crippen molar-refractivity contribution in [1.29, 1.82) is 0 Å². The molecule has 3 saturated carbocycles. The average molecular weight is 557 g/mol. The van der Waals surface area contributed by atoms with Gasteiger partial charge in [0.15, 0.2) is 17.1 Å². The van der Waals surface area contributed by atoms with E-state index < -0.39 is 81.2 Å². The van der Waals surface area contributed by atoms with Crippen LogP contribution in [0.5, 0.6) is 0 Å². The van der Waals surface area contributed by atoms with Crippen LogP contribution in [0.3, 0.4) is 0 Å². The van der Waals surface area contributed by atoms with E-state index in [-0.39, 0.29) is 35.9 Å². The van der Waals surface area contributed by atoms with Crippen molar-refractivity contribution in [2.24, 2.45) is 28.6 Å². The van der Waals surface area contributed by atoms with Crippen LogP contribution in [0.15, 0.2) is 46.6 Å². The van der Waals surface area contributed by atoms with Gasteiger partial charge in [0, 0.05) is 22.7 Å². The number of carbonyl (C=O) groups is 3. The molecule has 4 aliphatic carbocycles. The van der Waals surface area contributed by atoms with Crippen LogP contribution in [0.4, 0.5) is 17.6 Å². The first-order chi connectivity index (χ1) is 17.7. The predicted molar refractivity (Wildman–Crippen MR) is 129 cm³/mol. The fourth-order valence-corrected chi connectivity index (χ4v) is 8.79. The predicted octanol–water partition coefficient (Wildman–Crippen LogP) is 5.22. The fourth-order valence-electron chi connectivity index (χ4n) is 7.98. The monoisotopic (exact) mass is 556 g/mol. The lowest BCUT2D eigenvalue weighted by atomic mass is 9.44. The fraction of sp³-hybridized carbons (Fsp3) is 0.593. The SMILES string of the molecule is C[C@@H]1CC2C3C[C@H](F)C4=CC(=O)C=C[C@]4(C)[C@@]3(F)[C@@H](O)C[C@]2(C)[C@@]1(OC(=O)c1ccco1)C(=O)SC(F)F. The second-order valence-electron chi connectivity index (χ2n) is 11.3. The molecule has 0 saturated heterocycles. The van der Waals surface area contributed by atoms with Gasteiger partial charge >= 0.3 is 5.97 Å². The molecule has 1 aromatic rings. The molecule has 1 aromatic heterocycles. The van der Waals surface area contributed by atoms with Gasteiger partial charge in [-0.2, -0.15) is 8.78 Å². The molecule has 2 unspecified atom stereocenters. The summed E-state index contributed by atoms with van der Waals surface area (Å²) in [7, 11) is 0. The van der Waals surface area contributed by atoms with Gasteiger partial charge in [-0.3, -0.25) is 9.59 Å². The molecule has 11 heteroatoms. The van der Waals surface area contributed by atoms with E-state index in [2.05, 4.69) is 0 Å². The summed E-state index contributed by atoms with van der Waals surface area (Å²) in [6.07, 6.45) is 0.470. The summed E-state index contributed by atoms with van der Waals surface area (Å²) in [6.45, 7) is 4.51. The number of hydrogen-bond acceptors (Lipinski definition) is 7. The number of alkyl halides is 4. The number of ether oxygens (including phenoxy) is 1. The van der Waals surface area contributed by atoms with Gasteiger partial charge in [-0.1, -0.05) is 19.9 Å². The highest BCUT2D eigenvalue weighted by atomic mass is 32.2. The van der Waals surface area contributed by atoms with E-state index in [1.165, 1.54) is 38.3 Å². The largest absolute Gasteiger partial charge is 0.457 e. The number of fused-ring (bicyclic) bond motifs is 5. The Hall–Kier alpha value is -2.40. The summed E-state index contributed by atoms with van der Waals surface area (Å²) >= 11 is -0.292. The second-order valence-corrected chi connectivity index (χ2v) is 12.2. The number of allylic oxidation sites excluding steroid dienone is 4. The molecular weight excluding hydrogens is 528 g/mol. The molecule has 0 aliphatic heterocycles. The third kappa shape index (κ3) is 3.39. The van der Waals surface area contributed by atoms with E-state index in [1.807, 2.05) is 0 Å². The van der Waals surface area contributed by atoms with Gasteiger partial charge in [0.2, 0.25) is 10.9 Å². The summed E-state index contributed by atoms with van der Waals surface area (Å²) in [4.78, 5) is 38.6. The molecule has 9 atom stereocenters. The van der Waals surface area contributed by atoms with E-state index in [1.54, 1.807) is 6.92 Å². The smallest absolute Gasteiger partial charge is 0.375 e. The highest BCUT2D eigenvalue weighted by Crippen LogP contribution is 2.72. The molecule has 0 spiro atoms. The van der Waals surface area contributed by atoms with E-state index in [0.717, 1.165) is 12.2 Å². The molecule has 5 rings (SSSR count). The van der Waals surface area contributed by atoms with Gasteiger partial charge in [0.1, 0.15) is 6.17 Å². The standard InChI is InChI=1S/C27H28F4O6S/c1-13-9-15-16-11-18(28)17-10-14(32)6-7-24(17,2)26(16,31)20(33)12-25(15,3)27(13,22(35)38-23(29)30)37-21(34)19-5-4-8-36-19/h4-8,10,13,15-16,18,20,23,33H,9,11-12H2,1-3H3/t13-,15?,16?,18+,20+,24+,25+,26+,27+/m1/s1. The molecular formula is C27H28F4O6S. The summed E-state index contributed by atoms with van der Waals surface area (Å²) < 4.78 is 70.9. The zero-order valence-electron chi connectivity index (χ0n) is 21.0. The zero-order valence-corrected chi connectivity index (χ0v) is 21.8. The zero-order chi connectivity index (χ0) is 27.8. The number of hydrogen-bond donors (Lipinski definition) is 1. The van der Waals surface area contributed by atoms with Crippen LogP contribution in [-0.4, -0.2) is 51.3 Å². The number of thioether (sulfide) groups is 1. The molecule has 1 heterocycles. The number of furan rings is 1. The van der Waals surface area contributed by atoms with Gasteiger partial charge in [0.05, 0.1) is 12.4 Å². The van der Waals surface area contributed by atoms with Crippen molar-refractivity contribution < 1.29 is 46.2 Å². The van der Waals surface area contributed by atoms with Crippen molar-refractivity contribution in [2.45, 2.75) is 69.3 Å². The molecule has 0 aromatic carbocycles. The molecule has 38 heavy (non-hydrogen) atoms. The Morgan fingerprint density at radius 3 is 2.58 bits per heavy atom. The summed E-state index contributed by atoms with van der Waals surface area (Å²) in [6, 6.07) is 2.71. The Morgan fingerprint density at radius 1 is 1.24 bits per heavy atom. The number of rotatable bonds is 4. The van der Waals surface area contributed by atoms with Crippen LogP contribution < -0.4 is 0 Å². The first-order valence-electron chi connectivity index (χ1n) is 12.4. The maximum absolute atomic E-state index is 17.4. The lowest BCUT2D eigenvalue weighted by Crippen LogP contribution is -2.70. The molecule has 0 bridgehead atoms. The van der Waals surface area contributed by atoms with Crippen molar-refractivity contribution in [1.82, 2.24) is 0 Å². The third-order valence-electron chi connectivity index (χ3n) is 9.64. The van der Waals surface area contributed by atoms with Crippen molar-refractivity contribution in [2.75, 3.05) is 0 Å².